The van der Waals surface area contributed by atoms with Gasteiger partial charge in [-0.1, -0.05) is 100 Å². The quantitative estimate of drug-likeness (QED) is 0.0929. The summed E-state index contributed by atoms with van der Waals surface area (Å²) in [5.74, 6) is -3.14. The lowest BCUT2D eigenvalue weighted by atomic mass is 9.84. The third-order valence-electron chi connectivity index (χ3n) is 7.98. The molecule has 7 heteroatoms. The monoisotopic (exact) mass is 722 g/mol. The molecule has 0 heterocycles. The average molecular weight is 723 g/mol. The van der Waals surface area contributed by atoms with E-state index < -0.39 is 22.4 Å². The van der Waals surface area contributed by atoms with E-state index in [2.05, 4.69) is 103 Å². The molecule has 0 aliphatic heterocycles. The molecule has 0 saturated carbocycles. The van der Waals surface area contributed by atoms with Crippen LogP contribution in [0.3, 0.4) is 0 Å². The first-order valence-corrected chi connectivity index (χ1v) is 18.1. The SMILES string of the molecule is C=C.C=C(CN(Cc1ccc(Cl)cc1)S/C(C(F)=C(C)C)=C(F)/C(F)=C/C)N(Cc1cc(CCC)cc(C(C)(C)C)c1)c1ccc(C)cc1C. The van der Waals surface area contributed by atoms with Gasteiger partial charge in [0.1, 0.15) is 5.83 Å². The van der Waals surface area contributed by atoms with Crippen LogP contribution in [0.4, 0.5) is 18.9 Å². The van der Waals surface area contributed by atoms with Crippen LogP contribution in [0.5, 0.6) is 0 Å². The van der Waals surface area contributed by atoms with E-state index in [0.29, 0.717) is 18.1 Å². The lowest BCUT2D eigenvalue weighted by molar-refractivity contribution is 0.494. The number of nitrogens with zero attached hydrogens (tertiary/aromatic N) is 2. The van der Waals surface area contributed by atoms with Crippen LogP contribution in [0.1, 0.15) is 88.3 Å². The molecule has 0 aliphatic rings. The van der Waals surface area contributed by atoms with Gasteiger partial charge in [0.2, 0.25) is 0 Å². The first-order valence-electron chi connectivity index (χ1n) is 16.9. The van der Waals surface area contributed by atoms with Crippen molar-refractivity contribution in [3.63, 3.8) is 0 Å². The van der Waals surface area contributed by atoms with E-state index in [1.807, 2.05) is 16.4 Å². The van der Waals surface area contributed by atoms with Crippen LogP contribution >= 0.6 is 23.5 Å². The topological polar surface area (TPSA) is 6.48 Å². The minimum Gasteiger partial charge on any atom is -0.340 e. The average Bonchev–Trinajstić information content (AvgIpc) is 3.06. The Kier molecular flexibility index (Phi) is 16.9. The molecule has 3 aromatic rings. The Morgan fingerprint density at radius 3 is 2.02 bits per heavy atom. The van der Waals surface area contributed by atoms with Gasteiger partial charge in [0, 0.05) is 36.0 Å². The summed E-state index contributed by atoms with van der Waals surface area (Å²) in [6.45, 7) is 29.1. The van der Waals surface area contributed by atoms with Gasteiger partial charge in [0.05, 0.1) is 4.91 Å². The number of rotatable bonds is 14. The zero-order valence-electron chi connectivity index (χ0n) is 31.3. The summed E-state index contributed by atoms with van der Waals surface area (Å²) < 4.78 is 47.5. The number of halogens is 4. The van der Waals surface area contributed by atoms with Gasteiger partial charge in [-0.3, -0.25) is 0 Å². The van der Waals surface area contributed by atoms with Crippen LogP contribution in [0.2, 0.25) is 5.02 Å². The van der Waals surface area contributed by atoms with E-state index in [1.165, 1.54) is 18.1 Å². The van der Waals surface area contributed by atoms with Gasteiger partial charge in [-0.2, -0.15) is 0 Å². The summed E-state index contributed by atoms with van der Waals surface area (Å²) in [6, 6.07) is 20.5. The highest BCUT2D eigenvalue weighted by Gasteiger charge is 2.25. The summed E-state index contributed by atoms with van der Waals surface area (Å²) in [5.41, 5.74) is 8.77. The number of hydrogen-bond donors (Lipinski definition) is 0. The van der Waals surface area contributed by atoms with Crippen molar-refractivity contribution in [1.82, 2.24) is 4.31 Å². The molecular weight excluding hydrogens is 669 g/mol. The number of hydrogen-bond acceptors (Lipinski definition) is 3. The molecule has 50 heavy (non-hydrogen) atoms. The van der Waals surface area contributed by atoms with E-state index >= 15 is 8.78 Å². The van der Waals surface area contributed by atoms with Crippen molar-refractivity contribution >= 4 is 29.2 Å². The first kappa shape index (κ1) is 42.7. The Morgan fingerprint density at radius 1 is 0.860 bits per heavy atom. The van der Waals surface area contributed by atoms with Crippen molar-refractivity contribution < 1.29 is 13.2 Å². The first-order chi connectivity index (χ1) is 23.5. The molecule has 0 saturated heterocycles. The second kappa shape index (κ2) is 19.8. The zero-order chi connectivity index (χ0) is 37.8. The summed E-state index contributed by atoms with van der Waals surface area (Å²) in [4.78, 5) is 1.78. The Balaban J connectivity index is 0.00000425. The molecule has 0 aliphatic carbocycles. The molecule has 0 unspecified atom stereocenters. The molecule has 3 aromatic carbocycles. The fourth-order valence-corrected chi connectivity index (χ4v) is 6.62. The van der Waals surface area contributed by atoms with E-state index in [4.69, 9.17) is 11.6 Å². The van der Waals surface area contributed by atoms with Crippen LogP contribution < -0.4 is 4.90 Å². The molecule has 0 atom stereocenters. The molecule has 0 bridgehead atoms. The maximum absolute atomic E-state index is 15.6. The van der Waals surface area contributed by atoms with Crippen LogP contribution in [-0.4, -0.2) is 10.8 Å². The molecule has 270 valence electrons. The van der Waals surface area contributed by atoms with Crippen molar-refractivity contribution in [2.45, 2.75) is 93.7 Å². The van der Waals surface area contributed by atoms with Crippen molar-refractivity contribution in [3.8, 4) is 0 Å². The Bertz CT molecular complexity index is 1700. The molecule has 3 rings (SSSR count). The highest BCUT2D eigenvalue weighted by molar-refractivity contribution is 8.01. The summed E-state index contributed by atoms with van der Waals surface area (Å²) in [5, 5.41) is 0.584. The number of allylic oxidation sites excluding steroid dienone is 5. The highest BCUT2D eigenvalue weighted by Crippen LogP contribution is 2.39. The molecule has 0 aromatic heterocycles. The molecule has 2 nitrogen and oxygen atoms in total. The van der Waals surface area contributed by atoms with E-state index in [1.54, 1.807) is 26.0 Å². The predicted molar refractivity (Wildman–Crippen MR) is 214 cm³/mol. The van der Waals surface area contributed by atoms with Gasteiger partial charge >= 0.3 is 0 Å². The van der Waals surface area contributed by atoms with Crippen molar-refractivity contribution in [3.05, 3.63) is 159 Å². The molecule has 0 radical (unpaired) electrons. The lowest BCUT2D eigenvalue weighted by Gasteiger charge is -2.33. The maximum Gasteiger partial charge on any atom is 0.176 e. The van der Waals surface area contributed by atoms with E-state index in [9.17, 15) is 4.39 Å². The second-order valence-corrected chi connectivity index (χ2v) is 15.1. The molecule has 0 amide bonds. The maximum atomic E-state index is 15.6. The smallest absolute Gasteiger partial charge is 0.176 e. The zero-order valence-corrected chi connectivity index (χ0v) is 32.9. The Morgan fingerprint density at radius 2 is 1.48 bits per heavy atom. The highest BCUT2D eigenvalue weighted by atomic mass is 35.5. The Labute approximate surface area is 309 Å². The number of benzene rings is 3. The largest absolute Gasteiger partial charge is 0.340 e. The minimum atomic E-state index is -1.23. The molecule has 0 N–H and O–H groups in total. The normalized spacial score (nSPS) is 12.2. The second-order valence-electron chi connectivity index (χ2n) is 13.6. The number of aryl methyl sites for hydroxylation is 3. The molecule has 0 spiro atoms. The van der Waals surface area contributed by atoms with Gasteiger partial charge in [0.25, 0.3) is 0 Å². The van der Waals surface area contributed by atoms with Crippen LogP contribution in [0.15, 0.2) is 120 Å². The van der Waals surface area contributed by atoms with Gasteiger partial charge in [-0.05, 0) is 116 Å². The number of anilines is 1. The van der Waals surface area contributed by atoms with Gasteiger partial charge in [-0.25, -0.2) is 17.5 Å². The predicted octanol–water partition coefficient (Wildman–Crippen LogP) is 14.0. The van der Waals surface area contributed by atoms with Crippen molar-refractivity contribution in [2.75, 3.05) is 11.4 Å². The molecule has 0 fully saturated rings. The van der Waals surface area contributed by atoms with Crippen LogP contribution in [0, 0.1) is 13.8 Å². The lowest BCUT2D eigenvalue weighted by Crippen LogP contribution is -2.30. The van der Waals surface area contributed by atoms with E-state index in [0.717, 1.165) is 64.5 Å². The third-order valence-corrected chi connectivity index (χ3v) is 9.28. The van der Waals surface area contributed by atoms with Crippen molar-refractivity contribution in [2.24, 2.45) is 0 Å². The van der Waals surface area contributed by atoms with Gasteiger partial charge in [-0.15, -0.1) is 13.2 Å². The Hall–Kier alpha value is -3.45. The summed E-state index contributed by atoms with van der Waals surface area (Å²) >= 11 is 7.02. The minimum absolute atomic E-state index is 0.0316. The third kappa shape index (κ3) is 12.4. The van der Waals surface area contributed by atoms with Crippen LogP contribution in [0.25, 0.3) is 0 Å². The standard InChI is InChI=1S/C41H50ClF3N2S.C2H4/c1-11-13-32-21-33(23-34(22-32)41(8,9)10)26-47(37-19-14-28(5)20-29(37)6)30(7)24-46(25-31-15-17-35(42)18-16-31)48-40(38(44)27(3)4)39(45)36(43)12-2;1-2/h12,14-23H,7,11,13,24-26H2,1-6,8-10H3;1-2H2/b36-12-,40-39-;. The molecular formula is C43H54ClF3N2S. The fraction of sp³-hybridized carbons (Fsp3) is 0.349. The van der Waals surface area contributed by atoms with Crippen LogP contribution in [-0.2, 0) is 24.9 Å². The van der Waals surface area contributed by atoms with E-state index in [-0.39, 0.29) is 17.5 Å². The van der Waals surface area contributed by atoms with Gasteiger partial charge in [0.15, 0.2) is 11.7 Å². The fourth-order valence-electron chi connectivity index (χ4n) is 5.35. The van der Waals surface area contributed by atoms with Crippen molar-refractivity contribution in [1.29, 1.82) is 0 Å². The van der Waals surface area contributed by atoms with Gasteiger partial charge < -0.3 is 4.90 Å². The summed E-state index contributed by atoms with van der Waals surface area (Å²) in [7, 11) is 0. The summed E-state index contributed by atoms with van der Waals surface area (Å²) in [6.07, 6.45) is 3.02.